The van der Waals surface area contributed by atoms with Crippen molar-refractivity contribution in [3.05, 3.63) is 58.4 Å². The molecule has 0 spiro atoms. The van der Waals surface area contributed by atoms with Crippen LogP contribution in [0.4, 0.5) is 0 Å². The maximum atomic E-state index is 11.6. The van der Waals surface area contributed by atoms with Crippen molar-refractivity contribution in [3.8, 4) is 0 Å². The molecule has 2 rings (SSSR count). The molecule has 0 aliphatic heterocycles. The maximum Gasteiger partial charge on any atom is 0.253 e. The zero-order valence-corrected chi connectivity index (χ0v) is 8.40. The first-order valence-electron chi connectivity index (χ1n) is 4.75. The van der Waals surface area contributed by atoms with Crippen LogP contribution in [0.25, 0.3) is 0 Å². The lowest BCUT2D eigenvalue weighted by Crippen LogP contribution is -2.23. The quantitative estimate of drug-likeness (QED) is 0.803. The molecule has 0 saturated heterocycles. The van der Waals surface area contributed by atoms with E-state index in [1.54, 1.807) is 18.4 Å². The first-order chi connectivity index (χ1) is 7.75. The van der Waals surface area contributed by atoms with E-state index in [1.165, 1.54) is 18.3 Å². The number of nitrogens with one attached hydrogen (secondary N) is 2. The van der Waals surface area contributed by atoms with E-state index in [0.29, 0.717) is 17.9 Å². The molecule has 0 unspecified atom stereocenters. The molecule has 5 nitrogen and oxygen atoms in total. The Kier molecular flexibility index (Phi) is 2.86. The van der Waals surface area contributed by atoms with Crippen LogP contribution in [0.15, 0.2) is 45.9 Å². The van der Waals surface area contributed by atoms with Gasteiger partial charge in [0, 0.05) is 12.3 Å². The van der Waals surface area contributed by atoms with Crippen molar-refractivity contribution < 1.29 is 9.21 Å². The molecule has 0 radical (unpaired) electrons. The van der Waals surface area contributed by atoms with Gasteiger partial charge in [0.2, 0.25) is 5.56 Å². The van der Waals surface area contributed by atoms with Gasteiger partial charge < -0.3 is 14.7 Å². The molecule has 0 atom stereocenters. The number of carbonyl (C=O) groups excluding carboxylic acids is 1. The van der Waals surface area contributed by atoms with Crippen molar-refractivity contribution >= 4 is 5.91 Å². The number of furan rings is 1. The van der Waals surface area contributed by atoms with Gasteiger partial charge in [-0.1, -0.05) is 0 Å². The molecule has 2 aromatic rings. The molecule has 5 heteroatoms. The van der Waals surface area contributed by atoms with Crippen molar-refractivity contribution in [1.82, 2.24) is 10.3 Å². The Morgan fingerprint density at radius 1 is 1.38 bits per heavy atom. The van der Waals surface area contributed by atoms with Crippen LogP contribution in [-0.4, -0.2) is 10.9 Å². The van der Waals surface area contributed by atoms with Crippen LogP contribution in [-0.2, 0) is 6.54 Å². The summed E-state index contributed by atoms with van der Waals surface area (Å²) in [6.07, 6.45) is 2.92. The molecule has 82 valence electrons. The van der Waals surface area contributed by atoms with Gasteiger partial charge in [0.15, 0.2) is 0 Å². The highest BCUT2D eigenvalue weighted by Crippen LogP contribution is 2.00. The Labute approximate surface area is 91.1 Å². The molecule has 1 amide bonds. The summed E-state index contributed by atoms with van der Waals surface area (Å²) in [5.74, 6) is 0.422. The molecule has 0 saturated carbocycles. The molecule has 16 heavy (non-hydrogen) atoms. The minimum atomic E-state index is -0.257. The van der Waals surface area contributed by atoms with E-state index in [0.717, 1.165) is 0 Å². The molecule has 2 N–H and O–H groups in total. The molecule has 0 aliphatic carbocycles. The van der Waals surface area contributed by atoms with Gasteiger partial charge in [0.1, 0.15) is 5.76 Å². The van der Waals surface area contributed by atoms with Crippen LogP contribution < -0.4 is 10.9 Å². The average molecular weight is 218 g/mol. The Bertz CT molecular complexity index is 508. The first kappa shape index (κ1) is 10.2. The standard InChI is InChI=1S/C11H10N2O3/c14-10-4-3-8(6-12-10)11(15)13-7-9-2-1-5-16-9/h1-6H,7H2,(H,12,14)(H,13,15). The number of pyridine rings is 1. The summed E-state index contributed by atoms with van der Waals surface area (Å²) in [5.41, 5.74) is 0.175. The van der Waals surface area contributed by atoms with Crippen molar-refractivity contribution in [2.75, 3.05) is 0 Å². The minimum absolute atomic E-state index is 0.234. The number of carbonyl (C=O) groups is 1. The van der Waals surface area contributed by atoms with Gasteiger partial charge >= 0.3 is 0 Å². The van der Waals surface area contributed by atoms with E-state index in [1.807, 2.05) is 0 Å². The van der Waals surface area contributed by atoms with Crippen LogP contribution >= 0.6 is 0 Å². The van der Waals surface area contributed by atoms with Gasteiger partial charge in [0.05, 0.1) is 18.4 Å². The molecule has 0 fully saturated rings. The van der Waals surface area contributed by atoms with Crippen LogP contribution in [0.3, 0.4) is 0 Å². The second-order valence-electron chi connectivity index (χ2n) is 3.20. The summed E-state index contributed by atoms with van der Waals surface area (Å²) in [7, 11) is 0. The van der Waals surface area contributed by atoms with E-state index >= 15 is 0 Å². The van der Waals surface area contributed by atoms with Crippen LogP contribution in [0.5, 0.6) is 0 Å². The molecule has 2 heterocycles. The van der Waals surface area contributed by atoms with Gasteiger partial charge in [-0.15, -0.1) is 0 Å². The van der Waals surface area contributed by atoms with Gasteiger partial charge in [0.25, 0.3) is 5.91 Å². The number of H-pyrrole nitrogens is 1. The number of aromatic nitrogens is 1. The van der Waals surface area contributed by atoms with E-state index in [-0.39, 0.29) is 11.5 Å². The zero-order chi connectivity index (χ0) is 11.4. The number of hydrogen-bond donors (Lipinski definition) is 2. The monoisotopic (exact) mass is 218 g/mol. The summed E-state index contributed by atoms with van der Waals surface area (Å²) >= 11 is 0. The fraction of sp³-hybridized carbons (Fsp3) is 0.0909. The van der Waals surface area contributed by atoms with E-state index in [2.05, 4.69) is 10.3 Å². The van der Waals surface area contributed by atoms with Crippen molar-refractivity contribution in [3.63, 3.8) is 0 Å². The van der Waals surface area contributed by atoms with Crippen LogP contribution in [0.2, 0.25) is 0 Å². The second kappa shape index (κ2) is 4.48. The lowest BCUT2D eigenvalue weighted by Gasteiger charge is -2.02. The number of aromatic amines is 1. The molecule has 0 bridgehead atoms. The Hall–Kier alpha value is -2.30. The highest BCUT2D eigenvalue weighted by molar-refractivity contribution is 5.93. The van der Waals surface area contributed by atoms with E-state index in [4.69, 9.17) is 4.42 Å². The lowest BCUT2D eigenvalue weighted by molar-refractivity contribution is 0.0947. The fourth-order valence-corrected chi connectivity index (χ4v) is 1.23. The molecule has 2 aromatic heterocycles. The fourth-order valence-electron chi connectivity index (χ4n) is 1.23. The lowest BCUT2D eigenvalue weighted by atomic mass is 10.2. The summed E-state index contributed by atoms with van der Waals surface area (Å²) in [4.78, 5) is 24.8. The van der Waals surface area contributed by atoms with Gasteiger partial charge in [-0.2, -0.15) is 0 Å². The van der Waals surface area contributed by atoms with Crippen molar-refractivity contribution in [2.24, 2.45) is 0 Å². The van der Waals surface area contributed by atoms with Gasteiger partial charge in [-0.25, -0.2) is 0 Å². The predicted molar refractivity (Wildman–Crippen MR) is 56.9 cm³/mol. The minimum Gasteiger partial charge on any atom is -0.467 e. The maximum absolute atomic E-state index is 11.6. The molecular weight excluding hydrogens is 208 g/mol. The average Bonchev–Trinajstić information content (AvgIpc) is 2.80. The third kappa shape index (κ3) is 2.38. The molecule has 0 aromatic carbocycles. The van der Waals surface area contributed by atoms with Crippen LogP contribution in [0.1, 0.15) is 16.1 Å². The molecular formula is C11H10N2O3. The zero-order valence-electron chi connectivity index (χ0n) is 8.40. The largest absolute Gasteiger partial charge is 0.467 e. The molecule has 0 aliphatic rings. The first-order valence-corrected chi connectivity index (χ1v) is 4.75. The highest BCUT2D eigenvalue weighted by Gasteiger charge is 2.05. The van der Waals surface area contributed by atoms with Gasteiger partial charge in [-0.3, -0.25) is 9.59 Å². The summed E-state index contributed by atoms with van der Waals surface area (Å²) in [6.45, 7) is 0.324. The van der Waals surface area contributed by atoms with E-state index in [9.17, 15) is 9.59 Å². The Morgan fingerprint density at radius 2 is 2.25 bits per heavy atom. The normalized spacial score (nSPS) is 10.0. The Morgan fingerprint density at radius 3 is 2.88 bits per heavy atom. The SMILES string of the molecule is O=C(NCc1ccco1)c1ccc(=O)[nH]c1. The number of rotatable bonds is 3. The third-order valence-electron chi connectivity index (χ3n) is 2.05. The summed E-state index contributed by atoms with van der Waals surface area (Å²) in [5, 5.41) is 2.67. The summed E-state index contributed by atoms with van der Waals surface area (Å²) in [6, 6.07) is 6.30. The highest BCUT2D eigenvalue weighted by atomic mass is 16.3. The van der Waals surface area contributed by atoms with E-state index < -0.39 is 0 Å². The third-order valence-corrected chi connectivity index (χ3v) is 2.05. The van der Waals surface area contributed by atoms with Gasteiger partial charge in [-0.05, 0) is 18.2 Å². The predicted octanol–water partition coefficient (Wildman–Crippen LogP) is 0.898. The smallest absolute Gasteiger partial charge is 0.253 e. The number of amides is 1. The van der Waals surface area contributed by atoms with Crippen molar-refractivity contribution in [2.45, 2.75) is 6.54 Å². The Balaban J connectivity index is 1.98. The topological polar surface area (TPSA) is 75.1 Å². The van der Waals surface area contributed by atoms with Crippen LogP contribution in [0, 0.1) is 0 Å². The number of hydrogen-bond acceptors (Lipinski definition) is 3. The van der Waals surface area contributed by atoms with Crippen molar-refractivity contribution in [1.29, 1.82) is 0 Å². The second-order valence-corrected chi connectivity index (χ2v) is 3.20. The summed E-state index contributed by atoms with van der Waals surface area (Å²) < 4.78 is 5.07.